The molecule has 0 N–H and O–H groups in total. The quantitative estimate of drug-likeness (QED) is 0.513. The van der Waals surface area contributed by atoms with Gasteiger partial charge in [-0.1, -0.05) is 19.8 Å². The number of nitrogens with zero attached hydrogens (tertiary/aromatic N) is 1. The van der Waals surface area contributed by atoms with Crippen LogP contribution in [0.1, 0.15) is 25.1 Å². The molecule has 0 spiro atoms. The lowest BCUT2D eigenvalue weighted by Crippen LogP contribution is -1.80. The van der Waals surface area contributed by atoms with Crippen molar-refractivity contribution in [1.82, 2.24) is 4.98 Å². The highest BCUT2D eigenvalue weighted by atomic mass is 14.6. The summed E-state index contributed by atoms with van der Waals surface area (Å²) >= 11 is 0. The van der Waals surface area contributed by atoms with E-state index in [4.69, 9.17) is 6.42 Å². The smallest absolute Gasteiger partial charge is 0.113 e. The summed E-state index contributed by atoms with van der Waals surface area (Å²) < 4.78 is 0. The Morgan fingerprint density at radius 1 is 1.45 bits per heavy atom. The highest BCUT2D eigenvalue weighted by Crippen LogP contribution is 1.96. The molecule has 11 heavy (non-hydrogen) atoms. The third-order valence-electron chi connectivity index (χ3n) is 1.06. The molecular weight excluding hydrogens is 134 g/mol. The van der Waals surface area contributed by atoms with Crippen molar-refractivity contribution in [2.75, 3.05) is 0 Å². The molecule has 0 bridgehead atoms. The van der Waals surface area contributed by atoms with E-state index in [0.29, 0.717) is 5.69 Å². The van der Waals surface area contributed by atoms with Gasteiger partial charge in [-0.3, -0.25) is 0 Å². The fourth-order valence-corrected chi connectivity index (χ4v) is 0.615. The Morgan fingerprint density at radius 2 is 2.09 bits per heavy atom. The van der Waals surface area contributed by atoms with E-state index in [1.165, 1.54) is 0 Å². The van der Waals surface area contributed by atoms with Gasteiger partial charge in [0.1, 0.15) is 5.69 Å². The van der Waals surface area contributed by atoms with E-state index in [1.807, 2.05) is 32.9 Å². The second-order valence-electron chi connectivity index (χ2n) is 1.86. The SMILES string of the molecule is C#Cc1cc(C)ccn1.CC. The van der Waals surface area contributed by atoms with Crippen molar-refractivity contribution in [1.29, 1.82) is 0 Å². The standard InChI is InChI=1S/C8H7N.C2H6/c1-3-8-6-7(2)4-5-9-8;1-2/h1,4-6H,2H3;1-2H3. The van der Waals surface area contributed by atoms with E-state index >= 15 is 0 Å². The predicted molar refractivity (Wildman–Crippen MR) is 48.3 cm³/mol. The van der Waals surface area contributed by atoms with Crippen molar-refractivity contribution in [2.45, 2.75) is 20.8 Å². The average molecular weight is 147 g/mol. The number of aromatic nitrogens is 1. The molecule has 0 amide bonds. The highest BCUT2D eigenvalue weighted by Gasteiger charge is 1.85. The van der Waals surface area contributed by atoms with Gasteiger partial charge in [0, 0.05) is 6.20 Å². The Bertz CT molecular complexity index is 245. The van der Waals surface area contributed by atoms with Gasteiger partial charge >= 0.3 is 0 Å². The molecule has 0 saturated heterocycles. The molecule has 1 aromatic rings. The summed E-state index contributed by atoms with van der Waals surface area (Å²) in [4.78, 5) is 3.92. The van der Waals surface area contributed by atoms with E-state index in [9.17, 15) is 0 Å². The zero-order chi connectivity index (χ0) is 8.69. The summed E-state index contributed by atoms with van der Waals surface area (Å²) in [5.41, 5.74) is 1.85. The van der Waals surface area contributed by atoms with Crippen LogP contribution in [0.2, 0.25) is 0 Å². The molecule has 0 atom stereocenters. The first-order valence-corrected chi connectivity index (χ1v) is 3.72. The maximum absolute atomic E-state index is 5.11. The molecule has 0 aliphatic carbocycles. The molecule has 1 nitrogen and oxygen atoms in total. The van der Waals surface area contributed by atoms with E-state index in [-0.39, 0.29) is 0 Å². The number of hydrogen-bond donors (Lipinski definition) is 0. The molecule has 1 aromatic heterocycles. The van der Waals surface area contributed by atoms with Crippen LogP contribution in [0.25, 0.3) is 0 Å². The third-order valence-corrected chi connectivity index (χ3v) is 1.06. The lowest BCUT2D eigenvalue weighted by Gasteiger charge is -1.89. The number of pyridine rings is 1. The van der Waals surface area contributed by atoms with Crippen LogP contribution < -0.4 is 0 Å². The fourth-order valence-electron chi connectivity index (χ4n) is 0.615. The van der Waals surface area contributed by atoms with Crippen LogP contribution in [-0.4, -0.2) is 4.98 Å². The number of rotatable bonds is 0. The maximum atomic E-state index is 5.11. The van der Waals surface area contributed by atoms with Crippen molar-refractivity contribution in [3.05, 3.63) is 29.6 Å². The summed E-state index contributed by atoms with van der Waals surface area (Å²) in [7, 11) is 0. The minimum absolute atomic E-state index is 0.704. The molecule has 58 valence electrons. The average Bonchev–Trinajstić information content (AvgIpc) is 2.08. The Hall–Kier alpha value is -1.29. The lowest BCUT2D eigenvalue weighted by molar-refractivity contribution is 1.25. The molecule has 0 radical (unpaired) electrons. The lowest BCUT2D eigenvalue weighted by atomic mass is 10.2. The Kier molecular flexibility index (Phi) is 4.85. The largest absolute Gasteiger partial charge is 0.248 e. The molecule has 0 aromatic carbocycles. The molecule has 0 aliphatic rings. The van der Waals surface area contributed by atoms with Gasteiger partial charge in [0.15, 0.2) is 0 Å². The summed E-state index contributed by atoms with van der Waals surface area (Å²) in [5, 5.41) is 0. The van der Waals surface area contributed by atoms with E-state index in [1.54, 1.807) is 6.20 Å². The normalized spacial score (nSPS) is 7.45. The van der Waals surface area contributed by atoms with E-state index in [0.717, 1.165) is 5.56 Å². The number of hydrogen-bond acceptors (Lipinski definition) is 1. The van der Waals surface area contributed by atoms with Crippen LogP contribution in [0.5, 0.6) is 0 Å². The molecular formula is C10H13N. The van der Waals surface area contributed by atoms with Crippen LogP contribution in [0.15, 0.2) is 18.3 Å². The van der Waals surface area contributed by atoms with Crippen molar-refractivity contribution in [3.8, 4) is 12.3 Å². The number of aryl methyl sites for hydroxylation is 1. The van der Waals surface area contributed by atoms with Crippen LogP contribution in [0, 0.1) is 19.3 Å². The van der Waals surface area contributed by atoms with Crippen LogP contribution in [-0.2, 0) is 0 Å². The summed E-state index contributed by atoms with van der Waals surface area (Å²) in [6.45, 7) is 5.99. The first kappa shape index (κ1) is 9.71. The van der Waals surface area contributed by atoms with E-state index in [2.05, 4.69) is 10.9 Å². The van der Waals surface area contributed by atoms with Gasteiger partial charge < -0.3 is 0 Å². The summed E-state index contributed by atoms with van der Waals surface area (Å²) in [5.74, 6) is 2.46. The van der Waals surface area contributed by atoms with Gasteiger partial charge in [0.25, 0.3) is 0 Å². The van der Waals surface area contributed by atoms with Crippen molar-refractivity contribution < 1.29 is 0 Å². The molecule has 1 heteroatoms. The summed E-state index contributed by atoms with van der Waals surface area (Å²) in [6.07, 6.45) is 6.82. The Morgan fingerprint density at radius 3 is 2.45 bits per heavy atom. The van der Waals surface area contributed by atoms with Gasteiger partial charge in [-0.2, -0.15) is 0 Å². The van der Waals surface area contributed by atoms with Gasteiger partial charge in [-0.05, 0) is 24.6 Å². The molecule has 0 unspecified atom stereocenters. The van der Waals surface area contributed by atoms with Crippen molar-refractivity contribution in [2.24, 2.45) is 0 Å². The van der Waals surface area contributed by atoms with Crippen molar-refractivity contribution >= 4 is 0 Å². The monoisotopic (exact) mass is 147 g/mol. The van der Waals surface area contributed by atoms with Gasteiger partial charge in [-0.25, -0.2) is 4.98 Å². The first-order valence-electron chi connectivity index (χ1n) is 3.72. The minimum atomic E-state index is 0.704. The topological polar surface area (TPSA) is 12.9 Å². The van der Waals surface area contributed by atoms with Crippen LogP contribution in [0.3, 0.4) is 0 Å². The van der Waals surface area contributed by atoms with Crippen LogP contribution in [0.4, 0.5) is 0 Å². The maximum Gasteiger partial charge on any atom is 0.113 e. The summed E-state index contributed by atoms with van der Waals surface area (Å²) in [6, 6.07) is 3.79. The predicted octanol–water partition coefficient (Wildman–Crippen LogP) is 2.40. The second kappa shape index (κ2) is 5.49. The zero-order valence-corrected chi connectivity index (χ0v) is 7.26. The van der Waals surface area contributed by atoms with Gasteiger partial charge in [0.05, 0.1) is 0 Å². The Balaban J connectivity index is 0.000000461. The second-order valence-corrected chi connectivity index (χ2v) is 1.86. The van der Waals surface area contributed by atoms with Gasteiger partial charge in [-0.15, -0.1) is 6.42 Å². The van der Waals surface area contributed by atoms with Crippen LogP contribution >= 0.6 is 0 Å². The van der Waals surface area contributed by atoms with Crippen molar-refractivity contribution in [3.63, 3.8) is 0 Å². The minimum Gasteiger partial charge on any atom is -0.248 e. The molecule has 1 rings (SSSR count). The fraction of sp³-hybridized carbons (Fsp3) is 0.300. The van der Waals surface area contributed by atoms with E-state index < -0.39 is 0 Å². The zero-order valence-electron chi connectivity index (χ0n) is 7.26. The van der Waals surface area contributed by atoms with Gasteiger partial charge in [0.2, 0.25) is 0 Å². The molecule has 0 aliphatic heterocycles. The third kappa shape index (κ3) is 3.42. The highest BCUT2D eigenvalue weighted by molar-refractivity contribution is 5.27. The molecule has 0 fully saturated rings. The molecule has 1 heterocycles. The number of terminal acetylenes is 1. The Labute approximate surface area is 68.5 Å². The molecule has 0 saturated carbocycles. The first-order chi connectivity index (χ1) is 5.33.